The molecule has 11 heteroatoms. The van der Waals surface area contributed by atoms with E-state index >= 15 is 0 Å². The van der Waals surface area contributed by atoms with Crippen LogP contribution in [0.25, 0.3) is 21.3 Å². The van der Waals surface area contributed by atoms with E-state index in [0.29, 0.717) is 27.2 Å². The molecule has 0 fully saturated rings. The molecule has 3 aromatic carbocycles. The fourth-order valence-corrected chi connectivity index (χ4v) is 4.27. The van der Waals surface area contributed by atoms with E-state index in [1.54, 1.807) is 30.3 Å². The zero-order valence-electron chi connectivity index (χ0n) is 16.1. The number of rotatable bonds is 6. The van der Waals surface area contributed by atoms with Crippen LogP contribution in [0.15, 0.2) is 66.0 Å². The molecular formula is C21H14F4N2O3S2. The van der Waals surface area contributed by atoms with Gasteiger partial charge in [0.25, 0.3) is 0 Å². The molecule has 0 radical (unpaired) electrons. The van der Waals surface area contributed by atoms with Crippen molar-refractivity contribution >= 4 is 37.8 Å². The van der Waals surface area contributed by atoms with Gasteiger partial charge in [-0.25, -0.2) is 9.37 Å². The van der Waals surface area contributed by atoms with E-state index < -0.39 is 15.5 Å². The van der Waals surface area contributed by atoms with Crippen molar-refractivity contribution in [3.8, 4) is 16.3 Å². The summed E-state index contributed by atoms with van der Waals surface area (Å²) in [4.78, 5) is 4.47. The van der Waals surface area contributed by atoms with Crippen molar-refractivity contribution < 1.29 is 30.7 Å². The van der Waals surface area contributed by atoms with Crippen LogP contribution in [0.4, 0.5) is 23.2 Å². The molecule has 0 aliphatic heterocycles. The fraction of sp³-hybridized carbons (Fsp3) is 0.0952. The number of hydrogen-bond donors (Lipinski definition) is 1. The van der Waals surface area contributed by atoms with Crippen LogP contribution in [0.2, 0.25) is 0 Å². The van der Waals surface area contributed by atoms with Gasteiger partial charge in [-0.05, 0) is 53.9 Å². The van der Waals surface area contributed by atoms with Gasteiger partial charge >= 0.3 is 15.5 Å². The van der Waals surface area contributed by atoms with Crippen LogP contribution in [-0.4, -0.2) is 18.9 Å². The van der Waals surface area contributed by atoms with Crippen LogP contribution in [-0.2, 0) is 16.6 Å². The van der Waals surface area contributed by atoms with E-state index in [0.717, 1.165) is 5.56 Å². The number of benzene rings is 3. The van der Waals surface area contributed by atoms with Crippen LogP contribution < -0.4 is 9.46 Å². The summed E-state index contributed by atoms with van der Waals surface area (Å²) in [6, 6.07) is 14.9. The number of anilines is 1. The van der Waals surface area contributed by atoms with Crippen LogP contribution in [0.3, 0.4) is 0 Å². The van der Waals surface area contributed by atoms with Crippen molar-refractivity contribution in [2.45, 2.75) is 12.1 Å². The standard InChI is InChI=1S/C21H14F4N2O3S2/c22-15-6-4-13(5-7-15)20-26-17(12-31-20)11-30-19-3-1-2-14-10-16(8-9-18(14)19)27-32(28,29)21(23,24)25/h1-10,12,27H,11H2. The number of aromatic nitrogens is 1. The van der Waals surface area contributed by atoms with Gasteiger partial charge < -0.3 is 4.74 Å². The minimum atomic E-state index is -5.51. The topological polar surface area (TPSA) is 68.3 Å². The van der Waals surface area contributed by atoms with E-state index in [4.69, 9.17) is 4.74 Å². The Labute approximate surface area is 184 Å². The molecule has 32 heavy (non-hydrogen) atoms. The summed E-state index contributed by atoms with van der Waals surface area (Å²) in [5.74, 6) is 0.128. The Bertz CT molecular complexity index is 1370. The average molecular weight is 482 g/mol. The molecule has 0 unspecified atom stereocenters. The van der Waals surface area contributed by atoms with Gasteiger partial charge in [0, 0.05) is 22.0 Å². The van der Waals surface area contributed by atoms with Crippen molar-refractivity contribution in [1.82, 2.24) is 4.98 Å². The Hall–Kier alpha value is -3.18. The Morgan fingerprint density at radius 2 is 1.78 bits per heavy atom. The molecule has 0 saturated heterocycles. The number of thiazole rings is 1. The second kappa shape index (κ2) is 8.40. The highest BCUT2D eigenvalue weighted by molar-refractivity contribution is 7.93. The summed E-state index contributed by atoms with van der Waals surface area (Å²) in [5.41, 5.74) is -4.19. The predicted molar refractivity (Wildman–Crippen MR) is 114 cm³/mol. The fourth-order valence-electron chi connectivity index (χ4n) is 2.91. The number of alkyl halides is 3. The molecule has 0 bridgehead atoms. The van der Waals surface area contributed by atoms with E-state index in [2.05, 4.69) is 4.98 Å². The molecule has 5 nitrogen and oxygen atoms in total. The molecule has 1 N–H and O–H groups in total. The molecular weight excluding hydrogens is 468 g/mol. The van der Waals surface area contributed by atoms with Gasteiger partial charge in [0.2, 0.25) is 0 Å². The predicted octanol–water partition coefficient (Wildman–Crippen LogP) is 5.94. The third kappa shape index (κ3) is 4.68. The molecule has 1 heterocycles. The maximum Gasteiger partial charge on any atom is 0.516 e. The Morgan fingerprint density at radius 3 is 2.50 bits per heavy atom. The SMILES string of the molecule is O=S(=O)(Nc1ccc2c(OCc3csc(-c4ccc(F)cc4)n3)cccc2c1)C(F)(F)F. The first-order valence-electron chi connectivity index (χ1n) is 9.07. The highest BCUT2D eigenvalue weighted by Crippen LogP contribution is 2.31. The van der Waals surface area contributed by atoms with Crippen LogP contribution in [0.1, 0.15) is 5.69 Å². The number of fused-ring (bicyclic) bond motifs is 1. The van der Waals surface area contributed by atoms with E-state index in [1.807, 2.05) is 5.38 Å². The summed E-state index contributed by atoms with van der Waals surface area (Å²) in [5, 5.41) is 3.61. The smallest absolute Gasteiger partial charge is 0.487 e. The lowest BCUT2D eigenvalue weighted by Crippen LogP contribution is -2.29. The van der Waals surface area contributed by atoms with E-state index in [-0.39, 0.29) is 18.1 Å². The molecule has 166 valence electrons. The highest BCUT2D eigenvalue weighted by Gasteiger charge is 2.46. The van der Waals surface area contributed by atoms with E-state index in [1.165, 1.54) is 46.4 Å². The number of ether oxygens (including phenoxy) is 1. The highest BCUT2D eigenvalue weighted by atomic mass is 32.2. The van der Waals surface area contributed by atoms with Crippen LogP contribution >= 0.6 is 11.3 Å². The van der Waals surface area contributed by atoms with Crippen LogP contribution in [0.5, 0.6) is 5.75 Å². The number of nitrogens with one attached hydrogen (secondary N) is 1. The van der Waals surface area contributed by atoms with Crippen molar-refractivity contribution in [2.75, 3.05) is 4.72 Å². The maximum atomic E-state index is 13.1. The minimum absolute atomic E-state index is 0.138. The third-order valence-electron chi connectivity index (χ3n) is 4.42. The molecule has 0 spiro atoms. The van der Waals surface area contributed by atoms with Crippen molar-refractivity contribution in [3.05, 3.63) is 77.6 Å². The zero-order chi connectivity index (χ0) is 22.9. The summed E-state index contributed by atoms with van der Waals surface area (Å²) in [6.45, 7) is 0.138. The second-order valence-electron chi connectivity index (χ2n) is 6.68. The van der Waals surface area contributed by atoms with Gasteiger partial charge in [-0.3, -0.25) is 4.72 Å². The second-order valence-corrected chi connectivity index (χ2v) is 9.21. The molecule has 0 aliphatic rings. The molecule has 0 atom stereocenters. The van der Waals surface area contributed by atoms with Gasteiger partial charge in [0.05, 0.1) is 5.69 Å². The number of sulfonamides is 1. The first kappa shape index (κ1) is 22.0. The van der Waals surface area contributed by atoms with E-state index in [9.17, 15) is 26.0 Å². The number of halogens is 4. The van der Waals surface area contributed by atoms with Crippen molar-refractivity contribution in [2.24, 2.45) is 0 Å². The van der Waals surface area contributed by atoms with Gasteiger partial charge in [-0.2, -0.15) is 21.6 Å². The van der Waals surface area contributed by atoms with Gasteiger partial charge in [0.1, 0.15) is 23.2 Å². The normalized spacial score (nSPS) is 12.1. The first-order valence-corrected chi connectivity index (χ1v) is 11.4. The quantitative estimate of drug-likeness (QED) is 0.345. The van der Waals surface area contributed by atoms with Crippen molar-refractivity contribution in [3.63, 3.8) is 0 Å². The Kier molecular flexibility index (Phi) is 5.78. The lowest BCUT2D eigenvalue weighted by atomic mass is 10.1. The zero-order valence-corrected chi connectivity index (χ0v) is 17.7. The number of nitrogens with zero attached hydrogens (tertiary/aromatic N) is 1. The Balaban J connectivity index is 1.51. The van der Waals surface area contributed by atoms with Crippen LogP contribution in [0, 0.1) is 5.82 Å². The minimum Gasteiger partial charge on any atom is -0.487 e. The molecule has 4 rings (SSSR count). The maximum absolute atomic E-state index is 13.1. The molecule has 0 aliphatic carbocycles. The summed E-state index contributed by atoms with van der Waals surface area (Å²) < 4.78 is 80.9. The number of hydrogen-bond acceptors (Lipinski definition) is 5. The average Bonchev–Trinajstić information content (AvgIpc) is 3.20. The molecule has 0 saturated carbocycles. The van der Waals surface area contributed by atoms with Gasteiger partial charge in [-0.1, -0.05) is 12.1 Å². The monoisotopic (exact) mass is 482 g/mol. The first-order chi connectivity index (χ1) is 15.1. The lowest BCUT2D eigenvalue weighted by molar-refractivity contribution is -0.0429. The van der Waals surface area contributed by atoms with Gasteiger partial charge in [-0.15, -0.1) is 11.3 Å². The molecule has 1 aromatic heterocycles. The summed E-state index contributed by atoms with van der Waals surface area (Å²) >= 11 is 1.39. The largest absolute Gasteiger partial charge is 0.516 e. The Morgan fingerprint density at radius 1 is 1.03 bits per heavy atom. The summed E-state index contributed by atoms with van der Waals surface area (Å²) in [6.07, 6.45) is 0. The lowest BCUT2D eigenvalue weighted by Gasteiger charge is -2.12. The molecule has 4 aromatic rings. The van der Waals surface area contributed by atoms with Gasteiger partial charge in [0.15, 0.2) is 0 Å². The molecule has 0 amide bonds. The summed E-state index contributed by atoms with van der Waals surface area (Å²) in [7, 11) is -5.51. The third-order valence-corrected chi connectivity index (χ3v) is 6.47. The van der Waals surface area contributed by atoms with Crippen molar-refractivity contribution in [1.29, 1.82) is 0 Å².